The van der Waals surface area contributed by atoms with E-state index in [-0.39, 0.29) is 11.6 Å². The highest BCUT2D eigenvalue weighted by molar-refractivity contribution is 6.30. The van der Waals surface area contributed by atoms with Gasteiger partial charge in [0.25, 0.3) is 12.3 Å². The second kappa shape index (κ2) is 7.12. The van der Waals surface area contributed by atoms with Crippen molar-refractivity contribution in [3.05, 3.63) is 51.3 Å². The minimum Gasteiger partial charge on any atom is -0.331 e. The number of carbonyl (C=O) groups excluding carboxylic acids is 1. The Kier molecular flexibility index (Phi) is 5.08. The van der Waals surface area contributed by atoms with Gasteiger partial charge in [0.1, 0.15) is 5.69 Å². The molecule has 3 rings (SSSR count). The van der Waals surface area contributed by atoms with Gasteiger partial charge in [-0.15, -0.1) is 0 Å². The van der Waals surface area contributed by atoms with E-state index >= 15 is 0 Å². The summed E-state index contributed by atoms with van der Waals surface area (Å²) in [5.41, 5.74) is 1.93. The van der Waals surface area contributed by atoms with E-state index in [0.29, 0.717) is 17.3 Å². The van der Waals surface area contributed by atoms with E-state index in [1.54, 1.807) is 11.8 Å². The molecule has 2 aromatic rings. The summed E-state index contributed by atoms with van der Waals surface area (Å²) in [6.45, 7) is 3.99. The molecule has 0 spiro atoms. The number of carbonyl (C=O) groups is 1. The molecule has 1 aromatic heterocycles. The largest absolute Gasteiger partial charge is 0.331 e. The fraction of sp³-hybridized carbons (Fsp3) is 0.444. The number of amides is 1. The van der Waals surface area contributed by atoms with Gasteiger partial charge in [0.15, 0.2) is 0 Å². The van der Waals surface area contributed by atoms with Crippen molar-refractivity contribution in [1.29, 1.82) is 0 Å². The molecule has 1 amide bonds. The Morgan fingerprint density at radius 3 is 2.72 bits per heavy atom. The topological polar surface area (TPSA) is 49.0 Å². The normalized spacial score (nSPS) is 14.2. The van der Waals surface area contributed by atoms with E-state index in [1.165, 1.54) is 0 Å². The van der Waals surface area contributed by atoms with Crippen LogP contribution in [0.1, 0.15) is 59.1 Å². The molecule has 0 radical (unpaired) electrons. The molecule has 134 valence electrons. The average molecular weight is 368 g/mol. The molecule has 0 saturated heterocycles. The molecular formula is C18H20ClF2N3O. The van der Waals surface area contributed by atoms with Crippen LogP contribution in [0.3, 0.4) is 0 Å². The quantitative estimate of drug-likeness (QED) is 0.806. The molecule has 1 heterocycles. The minimum atomic E-state index is -2.79. The van der Waals surface area contributed by atoms with Crippen LogP contribution in [0.2, 0.25) is 5.02 Å². The molecule has 4 nitrogen and oxygen atoms in total. The molecule has 0 unspecified atom stereocenters. The number of hydrogen-bond donors (Lipinski definition) is 1. The third kappa shape index (κ3) is 3.68. The van der Waals surface area contributed by atoms with Gasteiger partial charge >= 0.3 is 0 Å². The maximum Gasteiger partial charge on any atom is 0.282 e. The lowest BCUT2D eigenvalue weighted by molar-refractivity contribution is 0.0716. The van der Waals surface area contributed by atoms with Gasteiger partial charge in [-0.05, 0) is 49.4 Å². The Morgan fingerprint density at radius 1 is 1.40 bits per heavy atom. The van der Waals surface area contributed by atoms with Gasteiger partial charge in [-0.1, -0.05) is 24.6 Å². The van der Waals surface area contributed by atoms with Gasteiger partial charge in [0, 0.05) is 23.3 Å². The second-order valence-corrected chi connectivity index (χ2v) is 6.78. The SMILES string of the molecule is CCc1ccc(Cl)cc1CN(C(=O)c1c(C(F)F)n[nH]c1C)C1CC1. The van der Waals surface area contributed by atoms with E-state index in [2.05, 4.69) is 10.2 Å². The maximum absolute atomic E-state index is 13.2. The van der Waals surface area contributed by atoms with E-state index in [0.717, 1.165) is 30.4 Å². The summed E-state index contributed by atoms with van der Waals surface area (Å²) in [6, 6.07) is 5.69. The fourth-order valence-corrected chi connectivity index (χ4v) is 3.24. The van der Waals surface area contributed by atoms with Crippen LogP contribution in [0.5, 0.6) is 0 Å². The standard InChI is InChI=1S/C18H20ClF2N3O/c1-3-11-4-5-13(19)8-12(11)9-24(14-6-7-14)18(25)15-10(2)22-23-16(15)17(20)21/h4-5,8,14,17H,3,6-7,9H2,1-2H3,(H,22,23). The molecule has 1 saturated carbocycles. The van der Waals surface area contributed by atoms with Crippen molar-refractivity contribution in [2.75, 3.05) is 0 Å². The third-order valence-electron chi connectivity index (χ3n) is 4.53. The van der Waals surface area contributed by atoms with Crippen LogP contribution < -0.4 is 0 Å². The minimum absolute atomic E-state index is 0.0121. The first-order chi connectivity index (χ1) is 11.9. The highest BCUT2D eigenvalue weighted by Gasteiger charge is 2.36. The lowest BCUT2D eigenvalue weighted by Gasteiger charge is -2.24. The van der Waals surface area contributed by atoms with Crippen LogP contribution in [0, 0.1) is 6.92 Å². The molecule has 7 heteroatoms. The summed E-state index contributed by atoms with van der Waals surface area (Å²) >= 11 is 6.11. The molecule has 25 heavy (non-hydrogen) atoms. The van der Waals surface area contributed by atoms with Gasteiger partial charge in [0.05, 0.1) is 5.56 Å². The lowest BCUT2D eigenvalue weighted by Crippen LogP contribution is -2.33. The number of rotatable bonds is 6. The molecule has 0 atom stereocenters. The number of aryl methyl sites for hydroxylation is 2. The zero-order valence-electron chi connectivity index (χ0n) is 14.2. The molecular weight excluding hydrogens is 348 g/mol. The van der Waals surface area contributed by atoms with E-state index < -0.39 is 18.0 Å². The lowest BCUT2D eigenvalue weighted by atomic mass is 10.0. The maximum atomic E-state index is 13.2. The predicted octanol–water partition coefficient (Wildman–Crippen LogP) is 4.68. The number of nitrogens with one attached hydrogen (secondary N) is 1. The van der Waals surface area contributed by atoms with Crippen LogP contribution in [-0.2, 0) is 13.0 Å². The number of hydrogen-bond acceptors (Lipinski definition) is 2. The smallest absolute Gasteiger partial charge is 0.282 e. The summed E-state index contributed by atoms with van der Waals surface area (Å²) in [5, 5.41) is 6.72. The van der Waals surface area contributed by atoms with Gasteiger partial charge in [-0.3, -0.25) is 9.89 Å². The third-order valence-corrected chi connectivity index (χ3v) is 4.77. The molecule has 1 fully saturated rings. The highest BCUT2D eigenvalue weighted by Crippen LogP contribution is 2.33. The molecule has 0 aliphatic heterocycles. The Morgan fingerprint density at radius 2 is 2.12 bits per heavy atom. The number of halogens is 3. The Balaban J connectivity index is 1.94. The van der Waals surface area contributed by atoms with Crippen LogP contribution >= 0.6 is 11.6 Å². The fourth-order valence-electron chi connectivity index (χ4n) is 3.04. The van der Waals surface area contributed by atoms with E-state index in [1.807, 2.05) is 25.1 Å². The number of nitrogens with zero attached hydrogens (tertiary/aromatic N) is 2. The average Bonchev–Trinajstić information content (AvgIpc) is 3.33. The summed E-state index contributed by atoms with van der Waals surface area (Å²) in [4.78, 5) is 14.7. The Labute approximate surface area is 150 Å². The molecule has 1 aliphatic carbocycles. The molecule has 1 aromatic carbocycles. The van der Waals surface area contributed by atoms with Crippen molar-refractivity contribution in [3.63, 3.8) is 0 Å². The van der Waals surface area contributed by atoms with Crippen molar-refractivity contribution < 1.29 is 13.6 Å². The Hall–Kier alpha value is -1.95. The summed E-state index contributed by atoms with van der Waals surface area (Å²) in [5.74, 6) is -0.397. The van der Waals surface area contributed by atoms with Gasteiger partial charge in [0.2, 0.25) is 0 Å². The van der Waals surface area contributed by atoms with Crippen molar-refractivity contribution in [1.82, 2.24) is 15.1 Å². The van der Waals surface area contributed by atoms with Crippen LogP contribution in [0.15, 0.2) is 18.2 Å². The molecule has 1 aliphatic rings. The van der Waals surface area contributed by atoms with Gasteiger partial charge < -0.3 is 4.90 Å². The van der Waals surface area contributed by atoms with Crippen molar-refractivity contribution in [3.8, 4) is 0 Å². The number of aromatic amines is 1. The first-order valence-corrected chi connectivity index (χ1v) is 8.71. The van der Waals surface area contributed by atoms with Crippen LogP contribution in [0.25, 0.3) is 0 Å². The summed E-state index contributed by atoms with van der Waals surface area (Å²) in [6.07, 6.45) is -0.211. The van der Waals surface area contributed by atoms with Gasteiger partial charge in [-0.25, -0.2) is 8.78 Å². The second-order valence-electron chi connectivity index (χ2n) is 6.34. The van der Waals surface area contributed by atoms with Crippen molar-refractivity contribution in [2.24, 2.45) is 0 Å². The zero-order valence-corrected chi connectivity index (χ0v) is 14.9. The molecule has 0 bridgehead atoms. The number of H-pyrrole nitrogens is 1. The molecule has 1 N–H and O–H groups in total. The predicted molar refractivity (Wildman–Crippen MR) is 92.0 cm³/mol. The number of alkyl halides is 2. The van der Waals surface area contributed by atoms with E-state index in [4.69, 9.17) is 11.6 Å². The van der Waals surface area contributed by atoms with Crippen molar-refractivity contribution >= 4 is 17.5 Å². The van der Waals surface area contributed by atoms with Crippen molar-refractivity contribution in [2.45, 2.75) is 52.1 Å². The zero-order chi connectivity index (χ0) is 18.1. The monoisotopic (exact) mass is 367 g/mol. The number of aromatic nitrogens is 2. The highest BCUT2D eigenvalue weighted by atomic mass is 35.5. The first kappa shape index (κ1) is 17.9. The Bertz CT molecular complexity index is 787. The van der Waals surface area contributed by atoms with E-state index in [9.17, 15) is 13.6 Å². The van der Waals surface area contributed by atoms with Crippen LogP contribution in [0.4, 0.5) is 8.78 Å². The first-order valence-electron chi connectivity index (χ1n) is 8.33. The van der Waals surface area contributed by atoms with Crippen LogP contribution in [-0.4, -0.2) is 27.0 Å². The number of benzene rings is 1. The summed E-state index contributed by atoms with van der Waals surface area (Å²) < 4.78 is 26.4. The van der Waals surface area contributed by atoms with Gasteiger partial charge in [-0.2, -0.15) is 5.10 Å². The summed E-state index contributed by atoms with van der Waals surface area (Å²) in [7, 11) is 0.